The van der Waals surface area contributed by atoms with Gasteiger partial charge in [-0.3, -0.25) is 15.4 Å². The van der Waals surface area contributed by atoms with E-state index in [9.17, 15) is 8.78 Å². The maximum absolute atomic E-state index is 14.6. The Morgan fingerprint density at radius 1 is 1.26 bits per heavy atom. The highest BCUT2D eigenvalue weighted by molar-refractivity contribution is 5.95. The van der Waals surface area contributed by atoms with Crippen molar-refractivity contribution < 1.29 is 8.78 Å². The van der Waals surface area contributed by atoms with Crippen LogP contribution in [0.3, 0.4) is 0 Å². The van der Waals surface area contributed by atoms with Crippen LogP contribution in [0.5, 0.6) is 0 Å². The van der Waals surface area contributed by atoms with Crippen LogP contribution in [0, 0.1) is 34.3 Å². The van der Waals surface area contributed by atoms with Crippen molar-refractivity contribution in [1.82, 2.24) is 9.55 Å². The zero-order valence-electron chi connectivity index (χ0n) is 14.8. The van der Waals surface area contributed by atoms with Gasteiger partial charge in [-0.15, -0.1) is 0 Å². The topological polar surface area (TPSA) is 68.8 Å². The summed E-state index contributed by atoms with van der Waals surface area (Å²) in [5.41, 5.74) is 0.915. The third-order valence-electron chi connectivity index (χ3n) is 4.07. The molecule has 0 amide bonds. The third-order valence-corrected chi connectivity index (χ3v) is 4.07. The van der Waals surface area contributed by atoms with E-state index < -0.39 is 11.6 Å². The Balaban J connectivity index is 2.32. The second-order valence-corrected chi connectivity index (χ2v) is 5.80. The van der Waals surface area contributed by atoms with E-state index in [0.717, 1.165) is 6.34 Å². The Kier molecular flexibility index (Phi) is 4.99. The van der Waals surface area contributed by atoms with Gasteiger partial charge in [0.15, 0.2) is 0 Å². The molecular formula is C20H17F2N5. The molecule has 0 aliphatic heterocycles. The summed E-state index contributed by atoms with van der Waals surface area (Å²) < 4.78 is 29.4. The van der Waals surface area contributed by atoms with Crippen molar-refractivity contribution >= 4 is 28.7 Å². The minimum atomic E-state index is -0.520. The fraction of sp³-hybridized carbons (Fsp3) is 0.150. The molecule has 1 heterocycles. The summed E-state index contributed by atoms with van der Waals surface area (Å²) in [7, 11) is 1.66. The number of hydrogen-bond acceptors (Lipinski definition) is 4. The van der Waals surface area contributed by atoms with Gasteiger partial charge in [0.05, 0.1) is 17.4 Å². The maximum atomic E-state index is 14.6. The molecular weight excluding hydrogens is 348 g/mol. The first-order valence-electron chi connectivity index (χ1n) is 8.25. The summed E-state index contributed by atoms with van der Waals surface area (Å²) in [5, 5.41) is 16.1. The Hall–Kier alpha value is -3.53. The highest BCUT2D eigenvalue weighted by Gasteiger charge is 2.16. The summed E-state index contributed by atoms with van der Waals surface area (Å²) in [4.78, 5) is 5.77. The van der Waals surface area contributed by atoms with Gasteiger partial charge < -0.3 is 4.90 Å². The summed E-state index contributed by atoms with van der Waals surface area (Å²) in [5.74, 6) is 4.93. The summed E-state index contributed by atoms with van der Waals surface area (Å²) in [6, 6.07) is 8.69. The van der Waals surface area contributed by atoms with Crippen molar-refractivity contribution in [3.05, 3.63) is 59.2 Å². The smallest absolute Gasteiger partial charge is 0.229 e. The molecule has 27 heavy (non-hydrogen) atoms. The molecule has 0 saturated heterocycles. The van der Waals surface area contributed by atoms with Crippen LogP contribution in [-0.4, -0.2) is 22.9 Å². The number of rotatable bonds is 3. The van der Waals surface area contributed by atoms with Crippen molar-refractivity contribution in [3.8, 4) is 11.8 Å². The van der Waals surface area contributed by atoms with Crippen molar-refractivity contribution in [2.45, 2.75) is 13.3 Å². The van der Waals surface area contributed by atoms with Gasteiger partial charge in [0.25, 0.3) is 0 Å². The molecule has 136 valence electrons. The van der Waals surface area contributed by atoms with Crippen LogP contribution in [0.2, 0.25) is 0 Å². The third kappa shape index (κ3) is 3.42. The quantitative estimate of drug-likeness (QED) is 0.421. The van der Waals surface area contributed by atoms with Gasteiger partial charge in [-0.1, -0.05) is 24.8 Å². The lowest BCUT2D eigenvalue weighted by molar-refractivity contribution is 0.625. The standard InChI is InChI=1S/C20H17F2N5/c1-3-4-6-13-9-18-16(11-17(13)22)19(25-20(24)27(18)12-23)26(2)15-8-5-7-14(21)10-15/h5,7-12,23-24H,3H2,1-2H3. The average Bonchev–Trinajstić information content (AvgIpc) is 2.65. The maximum Gasteiger partial charge on any atom is 0.229 e. The SMILES string of the molecule is CCC#Cc1cc2c(cc1F)c(N(C)c1cccc(F)c1)nc(=N)n2C=N. The van der Waals surface area contributed by atoms with Gasteiger partial charge in [0.2, 0.25) is 5.62 Å². The van der Waals surface area contributed by atoms with Crippen molar-refractivity contribution in [2.75, 3.05) is 11.9 Å². The molecule has 0 radical (unpaired) electrons. The lowest BCUT2D eigenvalue weighted by atomic mass is 10.1. The molecule has 2 aromatic carbocycles. The fourth-order valence-corrected chi connectivity index (χ4v) is 2.74. The zero-order valence-corrected chi connectivity index (χ0v) is 14.8. The predicted molar refractivity (Wildman–Crippen MR) is 101 cm³/mol. The summed E-state index contributed by atoms with van der Waals surface area (Å²) in [6.07, 6.45) is 1.52. The number of nitrogens with one attached hydrogen (secondary N) is 2. The Morgan fingerprint density at radius 3 is 2.70 bits per heavy atom. The molecule has 3 rings (SSSR count). The molecule has 0 saturated carbocycles. The van der Waals surface area contributed by atoms with Crippen LogP contribution in [0.1, 0.15) is 18.9 Å². The molecule has 0 aliphatic rings. The Morgan fingerprint density at radius 2 is 2.04 bits per heavy atom. The van der Waals surface area contributed by atoms with E-state index in [-0.39, 0.29) is 17.0 Å². The molecule has 3 aromatic rings. The Bertz CT molecular complexity index is 1150. The van der Waals surface area contributed by atoms with Crippen molar-refractivity contribution in [3.63, 3.8) is 0 Å². The number of aromatic nitrogens is 2. The second kappa shape index (κ2) is 7.38. The minimum Gasteiger partial charge on any atom is -0.329 e. The average molecular weight is 365 g/mol. The first-order valence-corrected chi connectivity index (χ1v) is 8.25. The van der Waals surface area contributed by atoms with Crippen LogP contribution < -0.4 is 10.5 Å². The lowest BCUT2D eigenvalue weighted by Gasteiger charge is -2.21. The minimum absolute atomic E-state index is 0.185. The van der Waals surface area contributed by atoms with Crippen molar-refractivity contribution in [2.24, 2.45) is 0 Å². The lowest BCUT2D eigenvalue weighted by Crippen LogP contribution is -2.26. The van der Waals surface area contributed by atoms with E-state index in [0.29, 0.717) is 23.0 Å². The van der Waals surface area contributed by atoms with E-state index in [2.05, 4.69) is 16.8 Å². The van der Waals surface area contributed by atoms with Crippen LogP contribution in [0.4, 0.5) is 20.3 Å². The van der Waals surface area contributed by atoms with E-state index in [1.54, 1.807) is 24.1 Å². The van der Waals surface area contributed by atoms with E-state index in [1.807, 2.05) is 6.92 Å². The van der Waals surface area contributed by atoms with E-state index in [4.69, 9.17) is 10.8 Å². The first kappa shape index (κ1) is 18.3. The van der Waals surface area contributed by atoms with Crippen LogP contribution >= 0.6 is 0 Å². The molecule has 0 fully saturated rings. The van der Waals surface area contributed by atoms with E-state index in [1.165, 1.54) is 28.8 Å². The normalized spacial score (nSPS) is 10.4. The largest absolute Gasteiger partial charge is 0.329 e. The van der Waals surface area contributed by atoms with E-state index >= 15 is 0 Å². The summed E-state index contributed by atoms with van der Waals surface area (Å²) >= 11 is 0. The van der Waals surface area contributed by atoms with Gasteiger partial charge in [-0.25, -0.2) is 8.78 Å². The molecule has 0 spiro atoms. The molecule has 0 bridgehead atoms. The number of anilines is 2. The number of hydrogen-bond donors (Lipinski definition) is 2. The highest BCUT2D eigenvalue weighted by atomic mass is 19.1. The molecule has 0 unspecified atom stereocenters. The van der Waals surface area contributed by atoms with Crippen LogP contribution in [0.25, 0.3) is 10.9 Å². The first-order chi connectivity index (χ1) is 13.0. The number of halogens is 2. The molecule has 2 N–H and O–H groups in total. The van der Waals surface area contributed by atoms with Gasteiger partial charge >= 0.3 is 0 Å². The molecule has 0 aliphatic carbocycles. The molecule has 0 atom stereocenters. The number of nitrogens with zero attached hydrogens (tertiary/aromatic N) is 3. The zero-order chi connectivity index (χ0) is 19.6. The monoisotopic (exact) mass is 365 g/mol. The van der Waals surface area contributed by atoms with Gasteiger partial charge in [-0.2, -0.15) is 4.98 Å². The molecule has 1 aromatic heterocycles. The van der Waals surface area contributed by atoms with Gasteiger partial charge in [-0.05, 0) is 30.3 Å². The second-order valence-electron chi connectivity index (χ2n) is 5.80. The van der Waals surface area contributed by atoms with Gasteiger partial charge in [0.1, 0.15) is 17.5 Å². The summed E-state index contributed by atoms with van der Waals surface area (Å²) in [6.45, 7) is 1.86. The predicted octanol–water partition coefficient (Wildman–Crippen LogP) is 3.78. The Labute approximate surface area is 154 Å². The molecule has 7 heteroatoms. The highest BCUT2D eigenvalue weighted by Crippen LogP contribution is 2.29. The number of fused-ring (bicyclic) bond motifs is 1. The van der Waals surface area contributed by atoms with Crippen LogP contribution in [-0.2, 0) is 0 Å². The van der Waals surface area contributed by atoms with Crippen molar-refractivity contribution in [1.29, 1.82) is 10.8 Å². The fourth-order valence-electron chi connectivity index (χ4n) is 2.74. The van der Waals surface area contributed by atoms with Gasteiger partial charge in [0, 0.05) is 24.5 Å². The number of benzene rings is 2. The van der Waals surface area contributed by atoms with Crippen LogP contribution in [0.15, 0.2) is 36.4 Å². The molecule has 5 nitrogen and oxygen atoms in total.